The molecule has 0 amide bonds. The molecule has 1 aliphatic rings. The van der Waals surface area contributed by atoms with E-state index in [4.69, 9.17) is 14.9 Å². The lowest BCUT2D eigenvalue weighted by molar-refractivity contribution is -0.935. The van der Waals surface area contributed by atoms with Crippen LogP contribution >= 0.6 is 0 Å². The minimum atomic E-state index is -1.46. The number of nitro benzene ring substituents is 3. The van der Waals surface area contributed by atoms with Gasteiger partial charge in [0.1, 0.15) is 26.2 Å². The second-order valence-electron chi connectivity index (χ2n) is 5.88. The van der Waals surface area contributed by atoms with Crippen molar-refractivity contribution >= 4 is 17.1 Å². The molecule has 28 heavy (non-hydrogen) atoms. The Hall–Kier alpha value is -2.94. The van der Waals surface area contributed by atoms with Crippen molar-refractivity contribution in [3.8, 4) is 5.75 Å². The number of hydrogen-bond donors (Lipinski definition) is 2. The number of nitrogens with zero attached hydrogens (tertiary/aromatic N) is 4. The number of rotatable bonds is 7. The van der Waals surface area contributed by atoms with Crippen molar-refractivity contribution in [3.63, 3.8) is 0 Å². The SMILES string of the molecule is O=[N+]([O-])c1cc([N+](=O)[O-])c([O-])c([N+](=O)[O-])c1.OCC[N+]1(CCO)CCOCC1. The van der Waals surface area contributed by atoms with Crippen molar-refractivity contribution in [2.75, 3.05) is 52.6 Å². The van der Waals surface area contributed by atoms with Crippen molar-refractivity contribution in [2.24, 2.45) is 0 Å². The standard InChI is InChI=1S/C8H18NO3.C6H3N3O7/c10-5-1-9(2-6-11)3-7-12-8-4-9;10-6-4(8(13)14)1-3(7(11)12)2-5(6)9(15)16/h10-11H,1-8H2;1-2,10H/q+1;/p-1. The van der Waals surface area contributed by atoms with Crippen molar-refractivity contribution < 1.29 is 39.3 Å². The van der Waals surface area contributed by atoms with Gasteiger partial charge in [0.05, 0.1) is 59.1 Å². The summed E-state index contributed by atoms with van der Waals surface area (Å²) in [6.07, 6.45) is 0. The van der Waals surface area contributed by atoms with Crippen LogP contribution in [0.5, 0.6) is 5.75 Å². The first-order chi connectivity index (χ1) is 13.2. The van der Waals surface area contributed by atoms with Crippen LogP contribution in [0.4, 0.5) is 17.1 Å². The highest BCUT2D eigenvalue weighted by atomic mass is 16.6. The van der Waals surface area contributed by atoms with Gasteiger partial charge in [0.2, 0.25) is 0 Å². The Bertz CT molecular complexity index is 670. The lowest BCUT2D eigenvalue weighted by atomic mass is 10.2. The first kappa shape index (κ1) is 23.1. The fourth-order valence-corrected chi connectivity index (χ4v) is 2.67. The molecule has 0 unspecified atom stereocenters. The highest BCUT2D eigenvalue weighted by Crippen LogP contribution is 2.36. The van der Waals surface area contributed by atoms with Crippen LogP contribution < -0.4 is 5.11 Å². The van der Waals surface area contributed by atoms with Crippen LogP contribution in [0.3, 0.4) is 0 Å². The van der Waals surface area contributed by atoms with Gasteiger partial charge in [-0.15, -0.1) is 0 Å². The monoisotopic (exact) mass is 404 g/mol. The van der Waals surface area contributed by atoms with Gasteiger partial charge in [-0.1, -0.05) is 0 Å². The van der Waals surface area contributed by atoms with Crippen molar-refractivity contribution in [1.29, 1.82) is 0 Å². The predicted octanol–water partition coefficient (Wildman–Crippen LogP) is -0.697. The summed E-state index contributed by atoms with van der Waals surface area (Å²) in [5.74, 6) is -1.46. The fourth-order valence-electron chi connectivity index (χ4n) is 2.67. The fraction of sp³-hybridized carbons (Fsp3) is 0.571. The molecule has 156 valence electrons. The minimum absolute atomic E-state index is 0.194. The molecule has 2 N–H and O–H groups in total. The summed E-state index contributed by atoms with van der Waals surface area (Å²) in [7, 11) is 0. The third kappa shape index (κ3) is 6.05. The van der Waals surface area contributed by atoms with E-state index in [2.05, 4.69) is 0 Å². The van der Waals surface area contributed by atoms with Crippen molar-refractivity contribution in [3.05, 3.63) is 42.5 Å². The van der Waals surface area contributed by atoms with Gasteiger partial charge in [-0.05, 0) is 0 Å². The maximum absolute atomic E-state index is 11.1. The Morgan fingerprint density at radius 2 is 1.32 bits per heavy atom. The van der Waals surface area contributed by atoms with Crippen molar-refractivity contribution in [1.82, 2.24) is 0 Å². The van der Waals surface area contributed by atoms with Crippen LogP contribution in [0.15, 0.2) is 12.1 Å². The maximum atomic E-state index is 11.1. The van der Waals surface area contributed by atoms with E-state index in [1.165, 1.54) is 0 Å². The molecule has 1 aromatic carbocycles. The maximum Gasteiger partial charge on any atom is 0.283 e. The molecule has 1 fully saturated rings. The number of aliphatic hydroxyl groups excluding tert-OH is 2. The zero-order valence-electron chi connectivity index (χ0n) is 14.8. The Morgan fingerprint density at radius 3 is 1.64 bits per heavy atom. The topological polar surface area (TPSA) is 202 Å². The molecule has 14 heteroatoms. The van der Waals surface area contributed by atoms with Crippen LogP contribution in [0.2, 0.25) is 0 Å². The molecule has 1 aliphatic heterocycles. The molecule has 1 heterocycles. The van der Waals surface area contributed by atoms with Crippen LogP contribution in [0, 0.1) is 30.3 Å². The Labute approximate surface area is 158 Å². The quantitative estimate of drug-likeness (QED) is 0.332. The average molecular weight is 404 g/mol. The number of non-ortho nitro benzene ring substituents is 1. The number of morpholine rings is 1. The highest BCUT2D eigenvalue weighted by molar-refractivity contribution is 5.63. The van der Waals surface area contributed by atoms with E-state index in [0.29, 0.717) is 12.1 Å². The number of hydrogen-bond acceptors (Lipinski definition) is 10. The summed E-state index contributed by atoms with van der Waals surface area (Å²) in [5.41, 5.74) is -3.26. The summed E-state index contributed by atoms with van der Waals surface area (Å²) in [6, 6.07) is 0.769. The minimum Gasteiger partial charge on any atom is -0.863 e. The number of quaternary nitrogens is 1. The molecule has 1 aromatic rings. The zero-order valence-corrected chi connectivity index (χ0v) is 14.8. The first-order valence-corrected chi connectivity index (χ1v) is 8.10. The van der Waals surface area contributed by atoms with Crippen molar-refractivity contribution in [2.45, 2.75) is 0 Å². The predicted molar refractivity (Wildman–Crippen MR) is 90.6 cm³/mol. The van der Waals surface area contributed by atoms with E-state index in [-0.39, 0.29) is 13.2 Å². The van der Waals surface area contributed by atoms with E-state index >= 15 is 0 Å². The Kier molecular flexibility index (Phi) is 8.59. The van der Waals surface area contributed by atoms with E-state index in [1.54, 1.807) is 0 Å². The summed E-state index contributed by atoms with van der Waals surface area (Å²) < 4.78 is 6.05. The molecular weight excluding hydrogens is 384 g/mol. The molecule has 1 saturated heterocycles. The third-order valence-corrected chi connectivity index (χ3v) is 4.21. The Morgan fingerprint density at radius 1 is 0.893 bits per heavy atom. The molecule has 0 aliphatic carbocycles. The number of ether oxygens (including phenoxy) is 1. The summed E-state index contributed by atoms with van der Waals surface area (Å²) >= 11 is 0. The molecule has 14 nitrogen and oxygen atoms in total. The molecule has 0 bridgehead atoms. The second-order valence-corrected chi connectivity index (χ2v) is 5.88. The summed E-state index contributed by atoms with van der Waals surface area (Å²) in [6.45, 7) is 5.20. The van der Waals surface area contributed by atoms with Crippen LogP contribution in [-0.4, -0.2) is 82.1 Å². The van der Waals surface area contributed by atoms with E-state index < -0.39 is 37.6 Å². The molecule has 0 atom stereocenters. The zero-order chi connectivity index (χ0) is 21.3. The molecular formula is C14H20N4O10. The van der Waals surface area contributed by atoms with Gasteiger partial charge in [0.15, 0.2) is 0 Å². The first-order valence-electron chi connectivity index (χ1n) is 8.10. The molecule has 2 rings (SSSR count). The second kappa shape index (κ2) is 10.4. The van der Waals surface area contributed by atoms with Gasteiger partial charge in [-0.3, -0.25) is 30.3 Å². The third-order valence-electron chi connectivity index (χ3n) is 4.21. The van der Waals surface area contributed by atoms with Gasteiger partial charge in [0.25, 0.3) is 17.1 Å². The normalized spacial score (nSPS) is 15.2. The van der Waals surface area contributed by atoms with E-state index in [9.17, 15) is 35.4 Å². The van der Waals surface area contributed by atoms with Crippen LogP contribution in [0.25, 0.3) is 0 Å². The lowest BCUT2D eigenvalue weighted by Crippen LogP contribution is -2.57. The summed E-state index contributed by atoms with van der Waals surface area (Å²) in [5, 5.41) is 59.8. The largest absolute Gasteiger partial charge is 0.863 e. The summed E-state index contributed by atoms with van der Waals surface area (Å²) in [4.78, 5) is 27.5. The van der Waals surface area contributed by atoms with E-state index in [0.717, 1.165) is 43.9 Å². The molecule has 0 radical (unpaired) electrons. The Balaban J connectivity index is 0.000000292. The van der Waals surface area contributed by atoms with Gasteiger partial charge < -0.3 is 24.5 Å². The molecule has 0 saturated carbocycles. The van der Waals surface area contributed by atoms with Gasteiger partial charge in [-0.2, -0.15) is 0 Å². The number of aliphatic hydroxyl groups is 2. The molecule has 0 aromatic heterocycles. The van der Waals surface area contributed by atoms with Crippen LogP contribution in [0.1, 0.15) is 0 Å². The van der Waals surface area contributed by atoms with Crippen LogP contribution in [-0.2, 0) is 4.74 Å². The van der Waals surface area contributed by atoms with Gasteiger partial charge >= 0.3 is 0 Å². The molecule has 0 spiro atoms. The van der Waals surface area contributed by atoms with Gasteiger partial charge in [-0.25, -0.2) is 0 Å². The van der Waals surface area contributed by atoms with Gasteiger partial charge in [0, 0.05) is 0 Å². The smallest absolute Gasteiger partial charge is 0.283 e. The number of benzene rings is 1. The lowest BCUT2D eigenvalue weighted by Gasteiger charge is -2.40. The number of nitro groups is 3. The average Bonchev–Trinajstić information content (AvgIpc) is 2.63. The van der Waals surface area contributed by atoms with E-state index in [1.807, 2.05) is 0 Å². The highest BCUT2D eigenvalue weighted by Gasteiger charge is 2.29.